The van der Waals surface area contributed by atoms with Gasteiger partial charge in [-0.25, -0.2) is 9.18 Å². The summed E-state index contributed by atoms with van der Waals surface area (Å²) in [6, 6.07) is 5.40. The van der Waals surface area contributed by atoms with E-state index in [0.29, 0.717) is 18.4 Å². The summed E-state index contributed by atoms with van der Waals surface area (Å²) < 4.78 is 18.4. The first kappa shape index (κ1) is 15.3. The van der Waals surface area contributed by atoms with Gasteiger partial charge in [-0.1, -0.05) is 32.0 Å². The molecular weight excluding hydrogens is 247 g/mol. The lowest BCUT2D eigenvalue weighted by Crippen LogP contribution is -2.29. The molecular formula is C15H19FO3. The standard InChI is InChI=1S/C15H19FO3/c1-4-10-8-7-9-11(5-2)12(10)14(17)13(16)15(18)19-6-3/h7-9,13H,4-6H2,1-3H3. The van der Waals surface area contributed by atoms with Crippen LogP contribution in [-0.4, -0.2) is 24.5 Å². The summed E-state index contributed by atoms with van der Waals surface area (Å²) in [6.45, 7) is 5.42. The van der Waals surface area contributed by atoms with Gasteiger partial charge < -0.3 is 4.74 Å². The molecule has 0 spiro atoms. The molecule has 0 fully saturated rings. The van der Waals surface area contributed by atoms with Gasteiger partial charge in [0.15, 0.2) is 0 Å². The molecule has 0 aliphatic heterocycles. The fourth-order valence-corrected chi connectivity index (χ4v) is 2.01. The Morgan fingerprint density at radius 1 is 1.16 bits per heavy atom. The largest absolute Gasteiger partial charge is 0.463 e. The van der Waals surface area contributed by atoms with Crippen LogP contribution in [0.15, 0.2) is 18.2 Å². The van der Waals surface area contributed by atoms with E-state index in [1.807, 2.05) is 19.9 Å². The summed E-state index contributed by atoms with van der Waals surface area (Å²) in [4.78, 5) is 23.5. The van der Waals surface area contributed by atoms with Crippen LogP contribution in [0.1, 0.15) is 42.3 Å². The average Bonchev–Trinajstić information content (AvgIpc) is 2.44. The summed E-state index contributed by atoms with van der Waals surface area (Å²) >= 11 is 0. The zero-order valence-electron chi connectivity index (χ0n) is 11.5. The van der Waals surface area contributed by atoms with Crippen molar-refractivity contribution in [2.45, 2.75) is 39.8 Å². The predicted molar refractivity (Wildman–Crippen MR) is 71.1 cm³/mol. The van der Waals surface area contributed by atoms with Crippen LogP contribution >= 0.6 is 0 Å². The van der Waals surface area contributed by atoms with Gasteiger partial charge in [-0.3, -0.25) is 4.79 Å². The molecule has 0 saturated carbocycles. The lowest BCUT2D eigenvalue weighted by atomic mass is 9.92. The Morgan fingerprint density at radius 3 is 2.11 bits per heavy atom. The van der Waals surface area contributed by atoms with Crippen molar-refractivity contribution in [1.29, 1.82) is 0 Å². The smallest absolute Gasteiger partial charge is 0.348 e. The van der Waals surface area contributed by atoms with E-state index in [1.165, 1.54) is 0 Å². The molecule has 0 heterocycles. The minimum Gasteiger partial charge on any atom is -0.463 e. The molecule has 19 heavy (non-hydrogen) atoms. The van der Waals surface area contributed by atoms with Crippen molar-refractivity contribution in [3.05, 3.63) is 34.9 Å². The third kappa shape index (κ3) is 3.40. The van der Waals surface area contributed by atoms with Gasteiger partial charge in [0.2, 0.25) is 5.78 Å². The van der Waals surface area contributed by atoms with Crippen LogP contribution in [0.4, 0.5) is 4.39 Å². The number of hydrogen-bond acceptors (Lipinski definition) is 3. The molecule has 0 radical (unpaired) electrons. The van der Waals surface area contributed by atoms with Crippen molar-refractivity contribution in [2.75, 3.05) is 6.61 Å². The van der Waals surface area contributed by atoms with Crippen molar-refractivity contribution >= 4 is 11.8 Å². The summed E-state index contributed by atoms with van der Waals surface area (Å²) in [5.41, 5.74) is 1.85. The Bertz CT molecular complexity index is 446. The summed E-state index contributed by atoms with van der Waals surface area (Å²) in [5, 5.41) is 0. The molecule has 1 aromatic rings. The average molecular weight is 266 g/mol. The fourth-order valence-electron chi connectivity index (χ4n) is 2.01. The zero-order chi connectivity index (χ0) is 14.4. The van der Waals surface area contributed by atoms with Crippen molar-refractivity contribution in [3.63, 3.8) is 0 Å². The number of ketones is 1. The number of hydrogen-bond donors (Lipinski definition) is 0. The molecule has 0 saturated heterocycles. The van der Waals surface area contributed by atoms with E-state index in [9.17, 15) is 14.0 Å². The Kier molecular flexibility index (Phi) is 5.67. The van der Waals surface area contributed by atoms with E-state index < -0.39 is 17.9 Å². The lowest BCUT2D eigenvalue weighted by molar-refractivity contribution is -0.147. The highest BCUT2D eigenvalue weighted by Crippen LogP contribution is 2.20. The predicted octanol–water partition coefficient (Wildman–Crippen LogP) is 2.90. The third-order valence-corrected chi connectivity index (χ3v) is 2.97. The van der Waals surface area contributed by atoms with Gasteiger partial charge in [-0.2, -0.15) is 0 Å². The van der Waals surface area contributed by atoms with Gasteiger partial charge in [0.25, 0.3) is 6.17 Å². The third-order valence-electron chi connectivity index (χ3n) is 2.97. The Balaban J connectivity index is 3.14. The Morgan fingerprint density at radius 2 is 1.68 bits per heavy atom. The second kappa shape index (κ2) is 7.02. The minimum absolute atomic E-state index is 0.0581. The highest BCUT2D eigenvalue weighted by molar-refractivity contribution is 6.12. The number of rotatable bonds is 6. The maximum Gasteiger partial charge on any atom is 0.348 e. The molecule has 4 heteroatoms. The van der Waals surface area contributed by atoms with Crippen molar-refractivity contribution in [2.24, 2.45) is 0 Å². The molecule has 0 N–H and O–H groups in total. The molecule has 104 valence electrons. The number of carbonyl (C=O) groups is 2. The van der Waals surface area contributed by atoms with Crippen LogP contribution in [0.2, 0.25) is 0 Å². The van der Waals surface area contributed by atoms with Crippen LogP contribution in [-0.2, 0) is 22.4 Å². The first-order valence-corrected chi connectivity index (χ1v) is 6.52. The second-order valence-corrected chi connectivity index (χ2v) is 4.14. The van der Waals surface area contributed by atoms with Crippen molar-refractivity contribution in [1.82, 2.24) is 0 Å². The van der Waals surface area contributed by atoms with E-state index >= 15 is 0 Å². The minimum atomic E-state index is -2.24. The number of benzene rings is 1. The molecule has 1 aromatic carbocycles. The summed E-state index contributed by atoms with van der Waals surface area (Å²) in [7, 11) is 0. The molecule has 0 aromatic heterocycles. The maximum absolute atomic E-state index is 13.9. The molecule has 0 aliphatic rings. The van der Waals surface area contributed by atoms with E-state index in [1.54, 1.807) is 19.1 Å². The van der Waals surface area contributed by atoms with E-state index in [2.05, 4.69) is 4.74 Å². The molecule has 3 nitrogen and oxygen atoms in total. The van der Waals surface area contributed by atoms with Gasteiger partial charge in [0.05, 0.1) is 6.61 Å². The second-order valence-electron chi connectivity index (χ2n) is 4.14. The molecule has 0 bridgehead atoms. The summed E-state index contributed by atoms with van der Waals surface area (Å²) in [6.07, 6.45) is -1.01. The fraction of sp³-hybridized carbons (Fsp3) is 0.467. The molecule has 0 amide bonds. The first-order chi connectivity index (χ1) is 9.06. The highest BCUT2D eigenvalue weighted by atomic mass is 19.1. The number of esters is 1. The number of Topliss-reactive ketones (excluding diaryl/α,β-unsaturated/α-hetero) is 1. The van der Waals surface area contributed by atoms with Crippen LogP contribution in [0.25, 0.3) is 0 Å². The highest BCUT2D eigenvalue weighted by Gasteiger charge is 2.31. The van der Waals surface area contributed by atoms with Crippen LogP contribution in [0, 0.1) is 0 Å². The summed E-state index contributed by atoms with van der Waals surface area (Å²) in [5.74, 6) is -1.91. The molecule has 1 rings (SSSR count). The van der Waals surface area contributed by atoms with Crippen LogP contribution in [0.3, 0.4) is 0 Å². The molecule has 0 aliphatic carbocycles. The van der Waals surface area contributed by atoms with Crippen LogP contribution in [0.5, 0.6) is 0 Å². The van der Waals surface area contributed by atoms with Gasteiger partial charge in [0, 0.05) is 5.56 Å². The Hall–Kier alpha value is -1.71. The lowest BCUT2D eigenvalue weighted by Gasteiger charge is -2.13. The number of carbonyl (C=O) groups excluding carboxylic acids is 2. The van der Waals surface area contributed by atoms with E-state index in [0.717, 1.165) is 11.1 Å². The van der Waals surface area contributed by atoms with Gasteiger partial charge in [0.1, 0.15) is 0 Å². The van der Waals surface area contributed by atoms with Gasteiger partial charge in [-0.15, -0.1) is 0 Å². The van der Waals surface area contributed by atoms with Gasteiger partial charge >= 0.3 is 5.97 Å². The first-order valence-electron chi connectivity index (χ1n) is 6.52. The topological polar surface area (TPSA) is 43.4 Å². The Labute approximate surface area is 112 Å². The van der Waals surface area contributed by atoms with Crippen molar-refractivity contribution < 1.29 is 18.7 Å². The number of ether oxygens (including phenoxy) is 1. The number of halogens is 1. The number of alkyl halides is 1. The normalized spacial score (nSPS) is 12.0. The van der Waals surface area contributed by atoms with Crippen molar-refractivity contribution in [3.8, 4) is 0 Å². The quantitative estimate of drug-likeness (QED) is 0.452. The molecule has 1 unspecified atom stereocenters. The van der Waals surface area contributed by atoms with E-state index in [-0.39, 0.29) is 6.61 Å². The SMILES string of the molecule is CCOC(=O)C(F)C(=O)c1c(CC)cccc1CC. The maximum atomic E-state index is 13.9. The number of aryl methyl sites for hydroxylation is 2. The monoisotopic (exact) mass is 266 g/mol. The molecule has 1 atom stereocenters. The zero-order valence-corrected chi connectivity index (χ0v) is 11.5. The van der Waals surface area contributed by atoms with Crippen LogP contribution < -0.4 is 0 Å². The van der Waals surface area contributed by atoms with E-state index in [4.69, 9.17) is 0 Å². The van der Waals surface area contributed by atoms with Gasteiger partial charge in [-0.05, 0) is 30.9 Å².